The van der Waals surface area contributed by atoms with Crippen LogP contribution in [0.4, 0.5) is 18.9 Å². The van der Waals surface area contributed by atoms with Gasteiger partial charge in [-0.25, -0.2) is 0 Å². The maximum absolute atomic E-state index is 13.0. The van der Waals surface area contributed by atoms with Gasteiger partial charge < -0.3 is 11.1 Å². The van der Waals surface area contributed by atoms with E-state index < -0.39 is 11.7 Å². The van der Waals surface area contributed by atoms with Crippen LogP contribution >= 0.6 is 0 Å². The van der Waals surface area contributed by atoms with Crippen molar-refractivity contribution < 1.29 is 18.0 Å². The Morgan fingerprint density at radius 2 is 1.97 bits per heavy atom. The molecule has 1 aliphatic heterocycles. The van der Waals surface area contributed by atoms with Gasteiger partial charge in [0.1, 0.15) is 0 Å². The summed E-state index contributed by atoms with van der Waals surface area (Å²) in [6.07, 6.45) is 3.35. The largest absolute Gasteiger partial charge is 0.416 e. The highest BCUT2D eigenvalue weighted by Gasteiger charge is 2.30. The number of nitrogens with zero attached hydrogens (tertiary/aromatic N) is 1. The molecule has 3 rings (SSSR count). The fourth-order valence-corrected chi connectivity index (χ4v) is 2.86. The summed E-state index contributed by atoms with van der Waals surface area (Å²) in [5, 5.41) is 11.1. The number of hydrogen-bond donors (Lipinski definition) is 3. The number of anilines is 1. The molecule has 0 bridgehead atoms. The predicted molar refractivity (Wildman–Crippen MR) is 111 cm³/mol. The van der Waals surface area contributed by atoms with Crippen LogP contribution in [0, 0.1) is 5.41 Å². The summed E-state index contributed by atoms with van der Waals surface area (Å²) in [6.45, 7) is 0.273. The van der Waals surface area contributed by atoms with Crippen molar-refractivity contribution in [3.8, 4) is 0 Å². The van der Waals surface area contributed by atoms with Crippen LogP contribution in [0.15, 0.2) is 71.4 Å². The third-order valence-electron chi connectivity index (χ3n) is 4.46. The van der Waals surface area contributed by atoms with Crippen LogP contribution in [-0.2, 0) is 6.18 Å². The van der Waals surface area contributed by atoms with Crippen molar-refractivity contribution >= 4 is 23.5 Å². The zero-order valence-electron chi connectivity index (χ0n) is 15.8. The quantitative estimate of drug-likeness (QED) is 0.503. The highest BCUT2D eigenvalue weighted by atomic mass is 19.4. The first-order valence-electron chi connectivity index (χ1n) is 9.07. The summed E-state index contributed by atoms with van der Waals surface area (Å²) >= 11 is 0. The molecule has 0 aliphatic carbocycles. The summed E-state index contributed by atoms with van der Waals surface area (Å²) in [6, 6.07) is 8.83. The molecule has 0 aromatic heterocycles. The van der Waals surface area contributed by atoms with E-state index in [0.717, 1.165) is 17.7 Å². The number of carbonyl (C=O) groups is 1. The van der Waals surface area contributed by atoms with Crippen molar-refractivity contribution in [2.75, 3.05) is 12.3 Å². The number of hydrogen-bond acceptors (Lipinski definition) is 4. The Labute approximate surface area is 171 Å². The molecular weight excluding hydrogens is 393 g/mol. The molecule has 1 aliphatic rings. The highest BCUT2D eigenvalue weighted by Crippen LogP contribution is 2.30. The fourth-order valence-electron chi connectivity index (χ4n) is 2.86. The van der Waals surface area contributed by atoms with Gasteiger partial charge in [-0.1, -0.05) is 24.3 Å². The van der Waals surface area contributed by atoms with Crippen LogP contribution in [0.1, 0.15) is 33.5 Å². The lowest BCUT2D eigenvalue weighted by Crippen LogP contribution is -2.26. The van der Waals surface area contributed by atoms with Crippen LogP contribution < -0.4 is 11.1 Å². The molecule has 0 saturated heterocycles. The van der Waals surface area contributed by atoms with Crippen LogP contribution in [-0.4, -0.2) is 24.4 Å². The van der Waals surface area contributed by atoms with Crippen molar-refractivity contribution in [3.63, 3.8) is 0 Å². The van der Waals surface area contributed by atoms with Gasteiger partial charge in [-0.3, -0.25) is 15.2 Å². The summed E-state index contributed by atoms with van der Waals surface area (Å²) in [7, 11) is 0. The van der Waals surface area contributed by atoms with Crippen molar-refractivity contribution in [2.24, 2.45) is 4.99 Å². The SMILES string of the molecule is N=C(c1cccc(C(F)(F)F)c1)c1cc(C(=O)NCC2=CCC=CN=C2)ccc1N. The van der Waals surface area contributed by atoms with E-state index in [1.807, 2.05) is 12.2 Å². The number of aliphatic imine (C=N–C) groups is 1. The van der Waals surface area contributed by atoms with Gasteiger partial charge in [0, 0.05) is 41.3 Å². The number of benzene rings is 2. The van der Waals surface area contributed by atoms with E-state index in [0.29, 0.717) is 6.42 Å². The normalized spacial score (nSPS) is 13.5. The number of nitrogens with one attached hydrogen (secondary N) is 2. The lowest BCUT2D eigenvalue weighted by molar-refractivity contribution is -0.137. The number of rotatable bonds is 5. The third kappa shape index (κ3) is 5.02. The Morgan fingerprint density at radius 1 is 1.17 bits per heavy atom. The van der Waals surface area contributed by atoms with E-state index in [4.69, 9.17) is 11.1 Å². The Kier molecular flexibility index (Phi) is 6.15. The fraction of sp³-hybridized carbons (Fsp3) is 0.136. The minimum absolute atomic E-state index is 0.0569. The van der Waals surface area contributed by atoms with Gasteiger partial charge in [0.15, 0.2) is 0 Å². The summed E-state index contributed by atoms with van der Waals surface area (Å²) < 4.78 is 38.9. The lowest BCUT2D eigenvalue weighted by atomic mass is 9.97. The van der Waals surface area contributed by atoms with Gasteiger partial charge in [0.2, 0.25) is 0 Å². The van der Waals surface area contributed by atoms with Crippen LogP contribution in [0.3, 0.4) is 0 Å². The maximum Gasteiger partial charge on any atom is 0.416 e. The molecule has 154 valence electrons. The smallest absolute Gasteiger partial charge is 0.398 e. The minimum atomic E-state index is -4.52. The molecule has 0 fully saturated rings. The summed E-state index contributed by atoms with van der Waals surface area (Å²) in [4.78, 5) is 16.6. The molecule has 0 unspecified atom stereocenters. The molecular formula is C22H19F3N4O. The van der Waals surface area contributed by atoms with E-state index >= 15 is 0 Å². The van der Waals surface area contributed by atoms with Gasteiger partial charge in [0.05, 0.1) is 11.3 Å². The second-order valence-corrected chi connectivity index (χ2v) is 6.62. The molecule has 5 nitrogen and oxygen atoms in total. The first-order valence-corrected chi connectivity index (χ1v) is 9.07. The Bertz CT molecular complexity index is 1070. The summed E-state index contributed by atoms with van der Waals surface area (Å²) in [5.41, 5.74) is 6.41. The summed E-state index contributed by atoms with van der Waals surface area (Å²) in [5.74, 6) is -0.389. The number of nitrogens with two attached hydrogens (primary N) is 1. The molecule has 0 radical (unpaired) electrons. The Hall–Kier alpha value is -3.68. The molecule has 8 heteroatoms. The highest BCUT2D eigenvalue weighted by molar-refractivity contribution is 6.15. The van der Waals surface area contributed by atoms with Crippen molar-refractivity contribution in [2.45, 2.75) is 12.6 Å². The van der Waals surface area contributed by atoms with Crippen molar-refractivity contribution in [1.82, 2.24) is 5.32 Å². The standard InChI is InChI=1S/C22H19F3N4O/c23-22(24,25)17-6-3-5-15(10-17)20(27)18-11-16(7-8-19(18)26)21(30)29-13-14-4-1-2-9-28-12-14/h2-12,27H,1,13,26H2,(H,29,30). The predicted octanol–water partition coefficient (Wildman–Crippen LogP) is 4.35. The van der Waals surface area contributed by atoms with E-state index in [1.165, 1.54) is 30.3 Å². The molecule has 30 heavy (non-hydrogen) atoms. The van der Waals surface area contributed by atoms with Gasteiger partial charge in [-0.15, -0.1) is 0 Å². The Balaban J connectivity index is 1.80. The molecule has 4 N–H and O–H groups in total. The average molecular weight is 412 g/mol. The van der Waals surface area contributed by atoms with Crippen molar-refractivity contribution in [1.29, 1.82) is 5.41 Å². The van der Waals surface area contributed by atoms with Crippen molar-refractivity contribution in [3.05, 3.63) is 88.6 Å². The third-order valence-corrected chi connectivity index (χ3v) is 4.46. The molecule has 0 atom stereocenters. The van der Waals surface area contributed by atoms with Gasteiger partial charge in [-0.05, 0) is 42.3 Å². The van der Waals surface area contributed by atoms with Gasteiger partial charge in [-0.2, -0.15) is 13.2 Å². The lowest BCUT2D eigenvalue weighted by Gasteiger charge is -2.13. The number of amides is 1. The van der Waals surface area contributed by atoms with E-state index in [9.17, 15) is 18.0 Å². The molecule has 2 aromatic rings. The van der Waals surface area contributed by atoms with E-state index in [1.54, 1.807) is 12.4 Å². The minimum Gasteiger partial charge on any atom is -0.398 e. The van der Waals surface area contributed by atoms with Gasteiger partial charge in [0.25, 0.3) is 5.91 Å². The van der Waals surface area contributed by atoms with E-state index in [2.05, 4.69) is 10.3 Å². The molecule has 2 aromatic carbocycles. The first kappa shape index (κ1) is 21.0. The average Bonchev–Trinajstić information content (AvgIpc) is 3.00. The maximum atomic E-state index is 13.0. The molecule has 0 saturated carbocycles. The number of halogens is 3. The molecule has 1 heterocycles. The van der Waals surface area contributed by atoms with Crippen LogP contribution in [0.25, 0.3) is 0 Å². The second kappa shape index (κ2) is 8.77. The van der Waals surface area contributed by atoms with E-state index in [-0.39, 0.29) is 40.5 Å². The first-order chi connectivity index (χ1) is 14.3. The number of nitrogen functional groups attached to an aromatic ring is 1. The van der Waals surface area contributed by atoms with Crippen LogP contribution in [0.5, 0.6) is 0 Å². The number of alkyl halides is 3. The Morgan fingerprint density at radius 3 is 2.73 bits per heavy atom. The van der Waals surface area contributed by atoms with Gasteiger partial charge >= 0.3 is 6.18 Å². The zero-order chi connectivity index (χ0) is 21.7. The zero-order valence-corrected chi connectivity index (χ0v) is 15.8. The number of carbonyl (C=O) groups excluding carboxylic acids is 1. The number of allylic oxidation sites excluding steroid dienone is 2. The van der Waals surface area contributed by atoms with Crippen LogP contribution in [0.2, 0.25) is 0 Å². The molecule has 1 amide bonds. The molecule has 0 spiro atoms. The topological polar surface area (TPSA) is 91.3 Å². The monoisotopic (exact) mass is 412 g/mol. The second-order valence-electron chi connectivity index (χ2n) is 6.62.